The highest BCUT2D eigenvalue weighted by atomic mass is 19.1. The minimum absolute atomic E-state index is 0.249. The fourth-order valence-corrected chi connectivity index (χ4v) is 3.62. The zero-order valence-electron chi connectivity index (χ0n) is 18.5. The minimum atomic E-state index is -0.493. The largest absolute Gasteiger partial charge is 0.462 e. The topological polar surface area (TPSA) is 114 Å². The zero-order chi connectivity index (χ0) is 24.4. The Kier molecular flexibility index (Phi) is 5.76. The summed E-state index contributed by atoms with van der Waals surface area (Å²) in [6, 6.07) is 16.4. The molecule has 0 bridgehead atoms. The molecule has 0 atom stereocenters. The second kappa shape index (κ2) is 9.18. The number of hydrogen-bond acceptors (Lipinski definition) is 6. The lowest BCUT2D eigenvalue weighted by Gasteiger charge is -2.08. The van der Waals surface area contributed by atoms with Gasteiger partial charge in [-0.15, -0.1) is 0 Å². The number of amides is 1. The molecule has 35 heavy (non-hydrogen) atoms. The first-order chi connectivity index (χ1) is 17.0. The minimum Gasteiger partial charge on any atom is -0.462 e. The number of nitrogens with one attached hydrogen (secondary N) is 2. The van der Waals surface area contributed by atoms with Gasteiger partial charge in [-0.3, -0.25) is 9.89 Å². The summed E-state index contributed by atoms with van der Waals surface area (Å²) >= 11 is 0. The monoisotopic (exact) mass is 470 g/mol. The van der Waals surface area contributed by atoms with Crippen LogP contribution in [0.4, 0.5) is 10.1 Å². The van der Waals surface area contributed by atoms with Crippen molar-refractivity contribution in [2.75, 3.05) is 11.9 Å². The van der Waals surface area contributed by atoms with E-state index in [1.54, 1.807) is 60.1 Å². The van der Waals surface area contributed by atoms with E-state index in [4.69, 9.17) is 4.74 Å². The van der Waals surface area contributed by atoms with Crippen LogP contribution in [0.2, 0.25) is 0 Å². The van der Waals surface area contributed by atoms with Crippen molar-refractivity contribution in [1.82, 2.24) is 24.8 Å². The molecule has 2 aromatic carbocycles. The van der Waals surface area contributed by atoms with Crippen molar-refractivity contribution >= 4 is 23.2 Å². The highest BCUT2D eigenvalue weighted by Crippen LogP contribution is 2.25. The summed E-state index contributed by atoms with van der Waals surface area (Å²) in [5.41, 5.74) is 4.11. The van der Waals surface area contributed by atoms with Gasteiger partial charge >= 0.3 is 5.97 Å². The second-order valence-electron chi connectivity index (χ2n) is 7.55. The Bertz CT molecular complexity index is 1540. The Morgan fingerprint density at radius 1 is 1.09 bits per heavy atom. The van der Waals surface area contributed by atoms with Crippen LogP contribution >= 0.6 is 0 Å². The highest BCUT2D eigenvalue weighted by Gasteiger charge is 2.17. The van der Waals surface area contributed by atoms with Crippen molar-refractivity contribution in [2.45, 2.75) is 6.92 Å². The molecule has 0 saturated heterocycles. The summed E-state index contributed by atoms with van der Waals surface area (Å²) in [7, 11) is 0. The molecule has 0 spiro atoms. The number of hydrogen-bond donors (Lipinski definition) is 2. The summed E-state index contributed by atoms with van der Waals surface area (Å²) < 4.78 is 19.8. The molecule has 0 saturated carbocycles. The van der Waals surface area contributed by atoms with Crippen molar-refractivity contribution in [1.29, 1.82) is 0 Å². The fourth-order valence-electron chi connectivity index (χ4n) is 3.62. The molecule has 2 N–H and O–H groups in total. The predicted octanol–water partition coefficient (Wildman–Crippen LogP) is 4.35. The lowest BCUT2D eigenvalue weighted by molar-refractivity contribution is 0.0528. The fraction of sp³-hybridized carbons (Fsp3) is 0.0800. The maximum atomic E-state index is 13.2. The third kappa shape index (κ3) is 4.36. The molecule has 3 aromatic heterocycles. The van der Waals surface area contributed by atoms with Crippen molar-refractivity contribution in [3.8, 4) is 22.5 Å². The number of halogens is 1. The molecule has 0 aliphatic carbocycles. The third-order valence-electron chi connectivity index (χ3n) is 5.28. The molecule has 3 heterocycles. The number of aromatic nitrogens is 5. The van der Waals surface area contributed by atoms with Crippen LogP contribution in [0.5, 0.6) is 0 Å². The number of rotatable bonds is 6. The Morgan fingerprint density at radius 2 is 1.91 bits per heavy atom. The number of aromatic amines is 1. The summed E-state index contributed by atoms with van der Waals surface area (Å²) in [6.07, 6.45) is 3.01. The SMILES string of the molecule is CCOC(=O)c1cnn2c(-c3cccc(NC(=O)c4cc(-c5ccc(F)cc5)n[nH]4)c3)ccnc12. The van der Waals surface area contributed by atoms with Gasteiger partial charge in [0.1, 0.15) is 17.1 Å². The summed E-state index contributed by atoms with van der Waals surface area (Å²) in [6.45, 7) is 1.98. The van der Waals surface area contributed by atoms with Crippen molar-refractivity contribution in [3.63, 3.8) is 0 Å². The Labute approximate surface area is 198 Å². The number of fused-ring (bicyclic) bond motifs is 1. The third-order valence-corrected chi connectivity index (χ3v) is 5.28. The van der Waals surface area contributed by atoms with Gasteiger partial charge in [-0.2, -0.15) is 10.2 Å². The molecule has 1 amide bonds. The van der Waals surface area contributed by atoms with Gasteiger partial charge in [0.2, 0.25) is 0 Å². The molecule has 0 unspecified atom stereocenters. The smallest absolute Gasteiger partial charge is 0.343 e. The number of carbonyl (C=O) groups is 2. The van der Waals surface area contributed by atoms with E-state index in [0.717, 1.165) is 5.56 Å². The molecule has 10 heteroatoms. The highest BCUT2D eigenvalue weighted by molar-refractivity contribution is 6.03. The van der Waals surface area contributed by atoms with E-state index in [1.165, 1.54) is 18.3 Å². The van der Waals surface area contributed by atoms with Crippen LogP contribution in [-0.4, -0.2) is 43.3 Å². The number of anilines is 1. The van der Waals surface area contributed by atoms with Gasteiger partial charge in [0, 0.05) is 23.0 Å². The van der Waals surface area contributed by atoms with E-state index < -0.39 is 5.97 Å². The normalized spacial score (nSPS) is 10.9. The van der Waals surface area contributed by atoms with E-state index in [-0.39, 0.29) is 29.6 Å². The molecular formula is C25H19FN6O3. The lowest BCUT2D eigenvalue weighted by atomic mass is 10.1. The molecule has 0 aliphatic rings. The molecule has 174 valence electrons. The van der Waals surface area contributed by atoms with Crippen LogP contribution < -0.4 is 5.32 Å². The quantitative estimate of drug-likeness (QED) is 0.357. The van der Waals surface area contributed by atoms with Crippen LogP contribution in [0.1, 0.15) is 27.8 Å². The maximum absolute atomic E-state index is 13.2. The number of esters is 1. The number of H-pyrrole nitrogens is 1. The maximum Gasteiger partial charge on any atom is 0.343 e. The predicted molar refractivity (Wildman–Crippen MR) is 126 cm³/mol. The standard InChI is InChI=1S/C25H19FN6O3/c1-2-35-25(34)19-14-28-32-22(10-11-27-23(19)32)16-4-3-5-18(12-16)29-24(33)21-13-20(30-31-21)15-6-8-17(26)9-7-15/h3-14H,2H2,1H3,(H,29,33)(H,30,31). The van der Waals surface area contributed by atoms with Crippen LogP contribution in [0.15, 0.2) is 73.1 Å². The average molecular weight is 470 g/mol. The average Bonchev–Trinajstić information content (AvgIpc) is 3.53. The van der Waals surface area contributed by atoms with Crippen molar-refractivity contribution < 1.29 is 18.7 Å². The van der Waals surface area contributed by atoms with E-state index in [2.05, 4.69) is 25.6 Å². The van der Waals surface area contributed by atoms with Gasteiger partial charge < -0.3 is 10.1 Å². The van der Waals surface area contributed by atoms with Gasteiger partial charge in [0.15, 0.2) is 5.65 Å². The molecule has 5 aromatic rings. The Hall–Kier alpha value is -4.86. The van der Waals surface area contributed by atoms with E-state index in [0.29, 0.717) is 28.3 Å². The Balaban J connectivity index is 1.39. The number of carbonyl (C=O) groups excluding carboxylic acids is 2. The van der Waals surface area contributed by atoms with Gasteiger partial charge in [0.25, 0.3) is 5.91 Å². The summed E-state index contributed by atoms with van der Waals surface area (Å²) in [5.74, 6) is -1.22. The first-order valence-corrected chi connectivity index (χ1v) is 10.8. The molecular weight excluding hydrogens is 451 g/mol. The van der Waals surface area contributed by atoms with Gasteiger partial charge in [-0.05, 0) is 55.5 Å². The van der Waals surface area contributed by atoms with E-state index in [9.17, 15) is 14.0 Å². The van der Waals surface area contributed by atoms with Gasteiger partial charge in [-0.25, -0.2) is 18.7 Å². The molecule has 0 aliphatic heterocycles. The van der Waals surface area contributed by atoms with Crippen LogP contribution in [0, 0.1) is 5.82 Å². The van der Waals surface area contributed by atoms with Gasteiger partial charge in [-0.1, -0.05) is 12.1 Å². The van der Waals surface area contributed by atoms with E-state index >= 15 is 0 Å². The molecule has 0 radical (unpaired) electrons. The molecule has 5 rings (SSSR count). The second-order valence-corrected chi connectivity index (χ2v) is 7.55. The molecule has 9 nitrogen and oxygen atoms in total. The molecule has 0 fully saturated rings. The summed E-state index contributed by atoms with van der Waals surface area (Å²) in [4.78, 5) is 29.3. The van der Waals surface area contributed by atoms with Crippen LogP contribution in [0.25, 0.3) is 28.2 Å². The number of benzene rings is 2. The van der Waals surface area contributed by atoms with E-state index in [1.807, 2.05) is 6.07 Å². The summed E-state index contributed by atoms with van der Waals surface area (Å²) in [5, 5.41) is 14.0. The van der Waals surface area contributed by atoms with Gasteiger partial charge in [0.05, 0.1) is 24.2 Å². The first kappa shape index (κ1) is 22.0. The van der Waals surface area contributed by atoms with Crippen molar-refractivity contribution in [3.05, 3.63) is 90.1 Å². The zero-order valence-corrected chi connectivity index (χ0v) is 18.5. The van der Waals surface area contributed by atoms with Crippen molar-refractivity contribution in [2.24, 2.45) is 0 Å². The first-order valence-electron chi connectivity index (χ1n) is 10.8. The Morgan fingerprint density at radius 3 is 2.71 bits per heavy atom. The number of nitrogens with zero attached hydrogens (tertiary/aromatic N) is 4. The van der Waals surface area contributed by atoms with Crippen LogP contribution in [0.3, 0.4) is 0 Å². The number of ether oxygens (including phenoxy) is 1. The van der Waals surface area contributed by atoms with Crippen LogP contribution in [-0.2, 0) is 4.74 Å². The lowest BCUT2D eigenvalue weighted by Crippen LogP contribution is -2.12.